The normalized spacial score (nSPS) is 16.2. The third-order valence-electron chi connectivity index (χ3n) is 3.06. The number of carbonyl (C=O) groups excluding carboxylic acids is 1. The summed E-state index contributed by atoms with van der Waals surface area (Å²) in [5, 5.41) is 2.77. The topological polar surface area (TPSA) is 42.0 Å². The molecule has 0 aliphatic heterocycles. The summed E-state index contributed by atoms with van der Waals surface area (Å²) in [5.74, 6) is -0.349. The quantitative estimate of drug-likeness (QED) is 0.886. The predicted octanol–water partition coefficient (Wildman–Crippen LogP) is 2.69. The van der Waals surface area contributed by atoms with Crippen LogP contribution in [0, 0.1) is 6.92 Å². The van der Waals surface area contributed by atoms with Gasteiger partial charge in [-0.2, -0.15) is 13.2 Å². The Morgan fingerprint density at radius 2 is 2.06 bits per heavy atom. The van der Waals surface area contributed by atoms with E-state index < -0.39 is 11.9 Å². The highest BCUT2D eigenvalue weighted by Crippen LogP contribution is 2.28. The van der Waals surface area contributed by atoms with Gasteiger partial charge in [0.1, 0.15) is 5.69 Å². The molecule has 1 N–H and O–H groups in total. The maximum atomic E-state index is 12.4. The Balaban J connectivity index is 2.16. The van der Waals surface area contributed by atoms with E-state index in [9.17, 15) is 18.0 Å². The first-order valence-electron chi connectivity index (χ1n) is 5.73. The van der Waals surface area contributed by atoms with Gasteiger partial charge in [0.05, 0.1) is 11.3 Å². The molecule has 0 saturated heterocycles. The Morgan fingerprint density at radius 1 is 1.39 bits per heavy atom. The molecule has 1 aromatic heterocycles. The first-order valence-corrected chi connectivity index (χ1v) is 5.73. The Labute approximate surface area is 102 Å². The SMILES string of the molecule is Cc1nc(C(F)(F)F)ccc1C(=O)NC1CCC1. The summed E-state index contributed by atoms with van der Waals surface area (Å²) in [7, 11) is 0. The minimum absolute atomic E-state index is 0.0987. The molecule has 1 heterocycles. The van der Waals surface area contributed by atoms with Gasteiger partial charge >= 0.3 is 6.18 Å². The van der Waals surface area contributed by atoms with Crippen LogP contribution in [-0.2, 0) is 6.18 Å². The number of pyridine rings is 1. The molecule has 6 heteroatoms. The van der Waals surface area contributed by atoms with Crippen molar-refractivity contribution in [3.63, 3.8) is 0 Å². The largest absolute Gasteiger partial charge is 0.433 e. The van der Waals surface area contributed by atoms with Crippen molar-refractivity contribution in [2.24, 2.45) is 0 Å². The van der Waals surface area contributed by atoms with Crippen LogP contribution in [0.4, 0.5) is 13.2 Å². The van der Waals surface area contributed by atoms with Gasteiger partial charge in [-0.05, 0) is 38.3 Å². The number of hydrogen-bond donors (Lipinski definition) is 1. The van der Waals surface area contributed by atoms with Gasteiger partial charge in [0.2, 0.25) is 0 Å². The maximum Gasteiger partial charge on any atom is 0.433 e. The van der Waals surface area contributed by atoms with Crippen molar-refractivity contribution in [3.05, 3.63) is 29.1 Å². The van der Waals surface area contributed by atoms with E-state index in [1.54, 1.807) is 0 Å². The Morgan fingerprint density at radius 3 is 2.50 bits per heavy atom. The van der Waals surface area contributed by atoms with E-state index in [0.717, 1.165) is 25.3 Å². The van der Waals surface area contributed by atoms with Gasteiger partial charge in [-0.3, -0.25) is 4.79 Å². The van der Waals surface area contributed by atoms with Crippen LogP contribution in [0.3, 0.4) is 0 Å². The molecule has 1 aliphatic carbocycles. The van der Waals surface area contributed by atoms with Crippen molar-refractivity contribution in [1.82, 2.24) is 10.3 Å². The molecule has 0 radical (unpaired) electrons. The number of amides is 1. The van der Waals surface area contributed by atoms with E-state index in [4.69, 9.17) is 0 Å². The number of nitrogens with one attached hydrogen (secondary N) is 1. The zero-order valence-corrected chi connectivity index (χ0v) is 9.84. The summed E-state index contributed by atoms with van der Waals surface area (Å²) in [6, 6.07) is 2.17. The minimum Gasteiger partial charge on any atom is -0.349 e. The van der Waals surface area contributed by atoms with Gasteiger partial charge < -0.3 is 5.32 Å². The molecule has 2 rings (SSSR count). The second-order valence-corrected chi connectivity index (χ2v) is 4.43. The van der Waals surface area contributed by atoms with Crippen LogP contribution in [0.25, 0.3) is 0 Å². The molecule has 1 saturated carbocycles. The van der Waals surface area contributed by atoms with Gasteiger partial charge in [0.15, 0.2) is 0 Å². The van der Waals surface area contributed by atoms with Crippen LogP contribution in [0.5, 0.6) is 0 Å². The fourth-order valence-corrected chi connectivity index (χ4v) is 1.77. The van der Waals surface area contributed by atoms with E-state index in [2.05, 4.69) is 10.3 Å². The Bertz CT molecular complexity index is 467. The van der Waals surface area contributed by atoms with Crippen LogP contribution in [0.15, 0.2) is 12.1 Å². The van der Waals surface area contributed by atoms with Crippen LogP contribution in [0.1, 0.15) is 41.0 Å². The van der Waals surface area contributed by atoms with E-state index in [1.165, 1.54) is 13.0 Å². The fourth-order valence-electron chi connectivity index (χ4n) is 1.77. The summed E-state index contributed by atoms with van der Waals surface area (Å²) in [5.41, 5.74) is -0.670. The van der Waals surface area contributed by atoms with Crippen molar-refractivity contribution in [3.8, 4) is 0 Å². The molecular weight excluding hydrogens is 245 g/mol. The van der Waals surface area contributed by atoms with Gasteiger partial charge in [0.25, 0.3) is 5.91 Å². The summed E-state index contributed by atoms with van der Waals surface area (Å²) in [6.07, 6.45) is -1.54. The smallest absolute Gasteiger partial charge is 0.349 e. The van der Waals surface area contributed by atoms with Crippen molar-refractivity contribution in [1.29, 1.82) is 0 Å². The van der Waals surface area contributed by atoms with Gasteiger partial charge in [-0.25, -0.2) is 4.98 Å². The monoisotopic (exact) mass is 258 g/mol. The number of alkyl halides is 3. The number of nitrogens with zero attached hydrogens (tertiary/aromatic N) is 1. The second kappa shape index (κ2) is 4.59. The molecule has 0 unspecified atom stereocenters. The summed E-state index contributed by atoms with van der Waals surface area (Å²) in [4.78, 5) is 15.2. The number of aromatic nitrogens is 1. The lowest BCUT2D eigenvalue weighted by molar-refractivity contribution is -0.141. The van der Waals surface area contributed by atoms with Crippen LogP contribution in [0.2, 0.25) is 0 Å². The number of aryl methyl sites for hydroxylation is 1. The molecular formula is C12H13F3N2O. The van der Waals surface area contributed by atoms with Crippen molar-refractivity contribution >= 4 is 5.91 Å². The number of hydrogen-bond acceptors (Lipinski definition) is 2. The molecule has 1 aliphatic rings. The average molecular weight is 258 g/mol. The molecule has 0 aromatic carbocycles. The maximum absolute atomic E-state index is 12.4. The van der Waals surface area contributed by atoms with E-state index in [1.807, 2.05) is 0 Å². The standard InChI is InChI=1S/C12H13F3N2O/c1-7-9(11(18)17-8-3-2-4-8)5-6-10(16-7)12(13,14)15/h5-6,8H,2-4H2,1H3,(H,17,18). The number of halogens is 3. The van der Waals surface area contributed by atoms with Gasteiger partial charge in [-0.15, -0.1) is 0 Å². The first kappa shape index (κ1) is 12.9. The number of carbonyl (C=O) groups is 1. The lowest BCUT2D eigenvalue weighted by atomic mass is 9.93. The first-order chi connectivity index (χ1) is 8.38. The fraction of sp³-hybridized carbons (Fsp3) is 0.500. The summed E-state index contributed by atoms with van der Waals surface area (Å²) >= 11 is 0. The summed E-state index contributed by atoms with van der Waals surface area (Å²) in [6.45, 7) is 1.41. The lowest BCUT2D eigenvalue weighted by Gasteiger charge is -2.26. The van der Waals surface area contributed by atoms with E-state index in [0.29, 0.717) is 0 Å². The zero-order chi connectivity index (χ0) is 13.3. The van der Waals surface area contributed by atoms with Crippen molar-refractivity contribution in [2.45, 2.75) is 38.4 Å². The van der Waals surface area contributed by atoms with Crippen LogP contribution in [-0.4, -0.2) is 16.9 Å². The van der Waals surface area contributed by atoms with E-state index in [-0.39, 0.29) is 23.2 Å². The average Bonchev–Trinajstić information content (AvgIpc) is 2.21. The minimum atomic E-state index is -4.48. The molecule has 18 heavy (non-hydrogen) atoms. The predicted molar refractivity (Wildman–Crippen MR) is 59.1 cm³/mol. The second-order valence-electron chi connectivity index (χ2n) is 4.43. The highest BCUT2D eigenvalue weighted by atomic mass is 19.4. The molecule has 0 atom stereocenters. The molecule has 0 spiro atoms. The van der Waals surface area contributed by atoms with E-state index >= 15 is 0 Å². The van der Waals surface area contributed by atoms with Gasteiger partial charge in [0, 0.05) is 6.04 Å². The number of rotatable bonds is 2. The Hall–Kier alpha value is -1.59. The summed E-state index contributed by atoms with van der Waals surface area (Å²) < 4.78 is 37.2. The Kier molecular flexibility index (Phi) is 3.28. The molecule has 3 nitrogen and oxygen atoms in total. The molecule has 1 fully saturated rings. The lowest BCUT2D eigenvalue weighted by Crippen LogP contribution is -2.39. The zero-order valence-electron chi connectivity index (χ0n) is 9.84. The molecule has 98 valence electrons. The highest BCUT2D eigenvalue weighted by Gasteiger charge is 2.33. The third-order valence-corrected chi connectivity index (χ3v) is 3.06. The molecule has 1 aromatic rings. The third kappa shape index (κ3) is 2.63. The highest BCUT2D eigenvalue weighted by molar-refractivity contribution is 5.95. The van der Waals surface area contributed by atoms with Crippen molar-refractivity contribution in [2.75, 3.05) is 0 Å². The van der Waals surface area contributed by atoms with Crippen molar-refractivity contribution < 1.29 is 18.0 Å². The van der Waals surface area contributed by atoms with Crippen LogP contribution < -0.4 is 5.32 Å². The van der Waals surface area contributed by atoms with Crippen LogP contribution >= 0.6 is 0 Å². The molecule has 0 bridgehead atoms. The molecule has 1 amide bonds. The van der Waals surface area contributed by atoms with Gasteiger partial charge in [-0.1, -0.05) is 0 Å².